The van der Waals surface area contributed by atoms with Crippen molar-refractivity contribution in [2.45, 2.75) is 33.7 Å². The first kappa shape index (κ1) is 17.7. The highest BCUT2D eigenvalue weighted by Crippen LogP contribution is 2.14. The van der Waals surface area contributed by atoms with Crippen molar-refractivity contribution in [1.29, 1.82) is 0 Å². The van der Waals surface area contributed by atoms with E-state index in [2.05, 4.69) is 34.4 Å². The molecule has 1 unspecified atom stereocenters. The summed E-state index contributed by atoms with van der Waals surface area (Å²) >= 11 is 5.96. The molecule has 0 saturated carbocycles. The lowest BCUT2D eigenvalue weighted by Crippen LogP contribution is -2.42. The summed E-state index contributed by atoms with van der Waals surface area (Å²) in [6, 6.07) is 3.38. The number of halogens is 1. The molecule has 0 bridgehead atoms. The van der Waals surface area contributed by atoms with Crippen LogP contribution in [0.5, 0.6) is 0 Å². The number of hydrogen-bond donors (Lipinski definition) is 2. The third-order valence-electron chi connectivity index (χ3n) is 3.22. The number of likely N-dealkylation sites (N-methyl/N-ethyl adjacent to an activating group) is 1. The lowest BCUT2D eigenvalue weighted by Gasteiger charge is -2.23. The molecule has 1 amide bonds. The van der Waals surface area contributed by atoms with Crippen molar-refractivity contribution in [2.75, 3.05) is 31.5 Å². The van der Waals surface area contributed by atoms with Crippen LogP contribution in [0.2, 0.25) is 5.15 Å². The Labute approximate surface area is 132 Å². The van der Waals surface area contributed by atoms with Gasteiger partial charge in [0.2, 0.25) is 0 Å². The molecule has 0 aliphatic heterocycles. The Morgan fingerprint density at radius 2 is 2.00 bits per heavy atom. The molecule has 0 aliphatic carbocycles. The van der Waals surface area contributed by atoms with Crippen LogP contribution in [0.1, 0.15) is 38.1 Å². The molecule has 0 aliphatic rings. The van der Waals surface area contributed by atoms with E-state index in [9.17, 15) is 4.79 Å². The SMILES string of the molecule is CCNc1cc(C(=O)NC(C)CN(CC)CC)cc(Cl)n1. The zero-order valence-electron chi connectivity index (χ0n) is 13.2. The number of nitrogens with zero attached hydrogens (tertiary/aromatic N) is 2. The van der Waals surface area contributed by atoms with Crippen LogP contribution in [0.3, 0.4) is 0 Å². The van der Waals surface area contributed by atoms with Gasteiger partial charge >= 0.3 is 0 Å². The largest absolute Gasteiger partial charge is 0.370 e. The van der Waals surface area contributed by atoms with E-state index >= 15 is 0 Å². The molecule has 0 saturated heterocycles. The molecule has 0 fully saturated rings. The number of rotatable bonds is 8. The van der Waals surface area contributed by atoms with E-state index in [1.165, 1.54) is 0 Å². The molecule has 6 heteroatoms. The Bertz CT molecular complexity index is 463. The molecule has 0 radical (unpaired) electrons. The molecule has 0 spiro atoms. The molecule has 118 valence electrons. The van der Waals surface area contributed by atoms with Gasteiger partial charge in [0.1, 0.15) is 11.0 Å². The Balaban J connectivity index is 2.70. The monoisotopic (exact) mass is 312 g/mol. The molecule has 0 aromatic carbocycles. The second kappa shape index (κ2) is 8.85. The molecule has 1 heterocycles. The zero-order valence-corrected chi connectivity index (χ0v) is 14.0. The standard InChI is InChI=1S/C15H25ClN4O/c1-5-17-14-9-12(8-13(16)19-14)15(21)18-11(4)10-20(6-2)7-3/h8-9,11H,5-7,10H2,1-4H3,(H,17,19)(H,18,21). The Kier molecular flexibility index (Phi) is 7.47. The third-order valence-corrected chi connectivity index (χ3v) is 3.41. The minimum Gasteiger partial charge on any atom is -0.370 e. The van der Waals surface area contributed by atoms with Crippen LogP contribution >= 0.6 is 11.6 Å². The van der Waals surface area contributed by atoms with Crippen LogP contribution in [0.4, 0.5) is 5.82 Å². The first-order chi connectivity index (χ1) is 9.99. The predicted octanol–water partition coefficient (Wildman–Crippen LogP) is 2.63. The lowest BCUT2D eigenvalue weighted by molar-refractivity contribution is 0.0930. The fourth-order valence-electron chi connectivity index (χ4n) is 2.12. The number of anilines is 1. The molecular formula is C15H25ClN4O. The predicted molar refractivity (Wildman–Crippen MR) is 88.1 cm³/mol. The maximum atomic E-state index is 12.3. The van der Waals surface area contributed by atoms with Crippen molar-refractivity contribution in [2.24, 2.45) is 0 Å². The van der Waals surface area contributed by atoms with Crippen LogP contribution in [0, 0.1) is 0 Å². The van der Waals surface area contributed by atoms with Crippen LogP contribution in [0.25, 0.3) is 0 Å². The van der Waals surface area contributed by atoms with Gasteiger partial charge in [0.05, 0.1) is 0 Å². The fourth-order valence-corrected chi connectivity index (χ4v) is 2.33. The van der Waals surface area contributed by atoms with Crippen molar-refractivity contribution in [3.8, 4) is 0 Å². The number of amides is 1. The number of hydrogen-bond acceptors (Lipinski definition) is 4. The highest BCUT2D eigenvalue weighted by atomic mass is 35.5. The molecular weight excluding hydrogens is 288 g/mol. The van der Waals surface area contributed by atoms with Crippen molar-refractivity contribution < 1.29 is 4.79 Å². The van der Waals surface area contributed by atoms with Gasteiger partial charge in [-0.05, 0) is 39.1 Å². The van der Waals surface area contributed by atoms with E-state index in [0.717, 1.165) is 26.2 Å². The normalized spacial score (nSPS) is 12.3. The summed E-state index contributed by atoms with van der Waals surface area (Å²) in [7, 11) is 0. The number of carbonyl (C=O) groups excluding carboxylic acids is 1. The van der Waals surface area contributed by atoms with Gasteiger partial charge < -0.3 is 15.5 Å². The quantitative estimate of drug-likeness (QED) is 0.725. The topological polar surface area (TPSA) is 57.3 Å². The lowest BCUT2D eigenvalue weighted by atomic mass is 10.2. The smallest absolute Gasteiger partial charge is 0.251 e. The fraction of sp³-hybridized carbons (Fsp3) is 0.600. The molecule has 21 heavy (non-hydrogen) atoms. The van der Waals surface area contributed by atoms with Gasteiger partial charge in [0.15, 0.2) is 0 Å². The molecule has 1 rings (SSSR count). The number of nitrogens with one attached hydrogen (secondary N) is 2. The maximum Gasteiger partial charge on any atom is 0.251 e. The summed E-state index contributed by atoms with van der Waals surface area (Å²) in [6.45, 7) is 11.7. The highest BCUT2D eigenvalue weighted by Gasteiger charge is 2.13. The van der Waals surface area contributed by atoms with Gasteiger partial charge in [-0.25, -0.2) is 4.98 Å². The van der Waals surface area contributed by atoms with Gasteiger partial charge in [0, 0.05) is 24.7 Å². The first-order valence-electron chi connectivity index (χ1n) is 7.44. The van der Waals surface area contributed by atoms with E-state index < -0.39 is 0 Å². The molecule has 2 N–H and O–H groups in total. The van der Waals surface area contributed by atoms with Gasteiger partial charge in [-0.1, -0.05) is 25.4 Å². The van der Waals surface area contributed by atoms with E-state index in [0.29, 0.717) is 16.5 Å². The summed E-state index contributed by atoms with van der Waals surface area (Å²) in [5.41, 5.74) is 0.525. The van der Waals surface area contributed by atoms with Crippen molar-refractivity contribution in [1.82, 2.24) is 15.2 Å². The van der Waals surface area contributed by atoms with Crippen molar-refractivity contribution in [3.63, 3.8) is 0 Å². The Hall–Kier alpha value is -1.33. The number of carbonyl (C=O) groups is 1. The van der Waals surface area contributed by atoms with Gasteiger partial charge in [-0.3, -0.25) is 4.79 Å². The minimum absolute atomic E-state index is 0.0759. The van der Waals surface area contributed by atoms with E-state index in [4.69, 9.17) is 11.6 Å². The average molecular weight is 313 g/mol. The summed E-state index contributed by atoms with van der Waals surface area (Å²) in [6.07, 6.45) is 0. The Morgan fingerprint density at radius 1 is 1.33 bits per heavy atom. The molecule has 5 nitrogen and oxygen atoms in total. The van der Waals surface area contributed by atoms with Crippen LogP contribution in [0.15, 0.2) is 12.1 Å². The van der Waals surface area contributed by atoms with Crippen molar-refractivity contribution in [3.05, 3.63) is 22.8 Å². The minimum atomic E-state index is -0.127. The summed E-state index contributed by atoms with van der Waals surface area (Å²) < 4.78 is 0. The van der Waals surface area contributed by atoms with Gasteiger partial charge in [-0.2, -0.15) is 0 Å². The van der Waals surface area contributed by atoms with E-state index in [-0.39, 0.29) is 11.9 Å². The van der Waals surface area contributed by atoms with E-state index in [1.54, 1.807) is 12.1 Å². The highest BCUT2D eigenvalue weighted by molar-refractivity contribution is 6.29. The van der Waals surface area contributed by atoms with Gasteiger partial charge in [0.25, 0.3) is 5.91 Å². The van der Waals surface area contributed by atoms with Crippen molar-refractivity contribution >= 4 is 23.3 Å². The number of pyridine rings is 1. The van der Waals surface area contributed by atoms with Crippen LogP contribution < -0.4 is 10.6 Å². The molecule has 1 atom stereocenters. The summed E-state index contributed by atoms with van der Waals surface area (Å²) in [4.78, 5) is 18.7. The second-order valence-electron chi connectivity index (χ2n) is 4.95. The maximum absolute atomic E-state index is 12.3. The zero-order chi connectivity index (χ0) is 15.8. The average Bonchev–Trinajstić information content (AvgIpc) is 2.44. The molecule has 1 aromatic rings. The first-order valence-corrected chi connectivity index (χ1v) is 7.82. The summed E-state index contributed by atoms with van der Waals surface area (Å²) in [5.74, 6) is 0.490. The van der Waals surface area contributed by atoms with Gasteiger partial charge in [-0.15, -0.1) is 0 Å². The third kappa shape index (κ3) is 5.89. The Morgan fingerprint density at radius 3 is 2.57 bits per heavy atom. The number of aromatic nitrogens is 1. The second-order valence-corrected chi connectivity index (χ2v) is 5.34. The molecule has 1 aromatic heterocycles. The summed E-state index contributed by atoms with van der Waals surface area (Å²) in [5, 5.41) is 6.38. The van der Waals surface area contributed by atoms with Crippen LogP contribution in [-0.2, 0) is 0 Å². The van der Waals surface area contributed by atoms with Crippen LogP contribution in [-0.4, -0.2) is 48.0 Å². The van der Waals surface area contributed by atoms with E-state index in [1.807, 2.05) is 13.8 Å².